The van der Waals surface area contributed by atoms with Crippen molar-refractivity contribution < 1.29 is 27.2 Å². The van der Waals surface area contributed by atoms with E-state index in [2.05, 4.69) is 5.32 Å². The molecular weight excluding hydrogens is 400 g/mol. The van der Waals surface area contributed by atoms with Crippen LogP contribution in [0.2, 0.25) is 0 Å². The Balaban J connectivity index is 2.23. The zero-order valence-corrected chi connectivity index (χ0v) is 17.6. The van der Waals surface area contributed by atoms with Crippen LogP contribution in [-0.2, 0) is 15.8 Å². The number of piperazine rings is 1. The predicted molar refractivity (Wildman–Crippen MR) is 107 cm³/mol. The summed E-state index contributed by atoms with van der Waals surface area (Å²) in [5, 5.41) is 2.97. The summed E-state index contributed by atoms with van der Waals surface area (Å²) in [6.07, 6.45) is -1.19. The monoisotopic (exact) mass is 428 g/mol. The molecule has 30 heavy (non-hydrogen) atoms. The van der Waals surface area contributed by atoms with Crippen LogP contribution in [0.5, 0.6) is 0 Å². The van der Waals surface area contributed by atoms with Crippen molar-refractivity contribution in [2.45, 2.75) is 58.8 Å². The lowest BCUT2D eigenvalue weighted by molar-refractivity contribution is -0.142. The molecule has 0 radical (unpaired) electrons. The van der Waals surface area contributed by atoms with Crippen molar-refractivity contribution in [2.24, 2.45) is 11.8 Å². The number of halogens is 4. The quantitative estimate of drug-likeness (QED) is 0.530. The largest absolute Gasteiger partial charge is 0.416 e. The average molecular weight is 428 g/mol. The molecule has 0 bridgehead atoms. The average Bonchev–Trinajstić information content (AvgIpc) is 2.60. The van der Waals surface area contributed by atoms with Crippen molar-refractivity contribution in [3.05, 3.63) is 41.2 Å². The number of hydrogen-bond donors (Lipinski definition) is 1. The van der Waals surface area contributed by atoms with Crippen LogP contribution in [0.25, 0.3) is 6.08 Å². The van der Waals surface area contributed by atoms with E-state index in [4.69, 9.17) is 0 Å². The third kappa shape index (κ3) is 6.31. The number of nitrogens with zero attached hydrogens (tertiary/aromatic N) is 1. The van der Waals surface area contributed by atoms with Gasteiger partial charge >= 0.3 is 6.18 Å². The van der Waals surface area contributed by atoms with Crippen molar-refractivity contribution in [2.75, 3.05) is 6.54 Å². The highest BCUT2D eigenvalue weighted by Crippen LogP contribution is 2.30. The van der Waals surface area contributed by atoms with E-state index in [-0.39, 0.29) is 23.4 Å². The van der Waals surface area contributed by atoms with Crippen molar-refractivity contribution >= 4 is 17.9 Å². The zero-order chi connectivity index (χ0) is 22.6. The Morgan fingerprint density at radius 3 is 2.37 bits per heavy atom. The maximum absolute atomic E-state index is 14.0. The van der Waals surface area contributed by atoms with Crippen molar-refractivity contribution in [3.63, 3.8) is 0 Å². The van der Waals surface area contributed by atoms with E-state index in [1.165, 1.54) is 4.90 Å². The van der Waals surface area contributed by atoms with Gasteiger partial charge in [0.25, 0.3) is 0 Å². The molecule has 166 valence electrons. The first-order chi connectivity index (χ1) is 13.9. The zero-order valence-electron chi connectivity index (χ0n) is 17.6. The Labute approximate surface area is 174 Å². The van der Waals surface area contributed by atoms with Crippen LogP contribution >= 0.6 is 0 Å². The molecule has 4 nitrogen and oxygen atoms in total. The maximum Gasteiger partial charge on any atom is 0.416 e. The minimum Gasteiger partial charge on any atom is -0.350 e. The van der Waals surface area contributed by atoms with E-state index in [9.17, 15) is 27.2 Å². The number of amides is 2. The minimum atomic E-state index is -4.64. The van der Waals surface area contributed by atoms with Gasteiger partial charge in [0, 0.05) is 24.2 Å². The Hall–Kier alpha value is -2.38. The molecule has 2 rings (SSSR count). The van der Waals surface area contributed by atoms with E-state index < -0.39 is 29.5 Å². The summed E-state index contributed by atoms with van der Waals surface area (Å²) in [7, 11) is 0. The molecule has 1 aromatic carbocycles. The van der Waals surface area contributed by atoms with Gasteiger partial charge in [-0.05, 0) is 42.9 Å². The Morgan fingerprint density at radius 2 is 1.83 bits per heavy atom. The van der Waals surface area contributed by atoms with E-state index in [0.29, 0.717) is 31.4 Å². The lowest BCUT2D eigenvalue weighted by Crippen LogP contribution is -2.61. The molecular formula is C22H28F4N2O2. The smallest absolute Gasteiger partial charge is 0.350 e. The van der Waals surface area contributed by atoms with Crippen LogP contribution in [0.4, 0.5) is 17.6 Å². The lowest BCUT2D eigenvalue weighted by Gasteiger charge is -2.40. The molecule has 1 heterocycles. The Kier molecular flexibility index (Phi) is 7.66. The normalized spacial score (nSPS) is 20.3. The van der Waals surface area contributed by atoms with Gasteiger partial charge in [0.15, 0.2) is 0 Å². The molecule has 2 atom stereocenters. The van der Waals surface area contributed by atoms with Gasteiger partial charge in [-0.15, -0.1) is 0 Å². The summed E-state index contributed by atoms with van der Waals surface area (Å²) < 4.78 is 52.1. The molecule has 0 aliphatic carbocycles. The van der Waals surface area contributed by atoms with Gasteiger partial charge in [-0.25, -0.2) is 4.39 Å². The van der Waals surface area contributed by atoms with Crippen molar-refractivity contribution in [1.82, 2.24) is 10.2 Å². The number of alkyl halides is 3. The third-order valence-corrected chi connectivity index (χ3v) is 4.91. The highest BCUT2D eigenvalue weighted by atomic mass is 19.4. The van der Waals surface area contributed by atoms with Crippen LogP contribution in [0.1, 0.15) is 51.7 Å². The second-order valence-electron chi connectivity index (χ2n) is 8.54. The van der Waals surface area contributed by atoms with Crippen molar-refractivity contribution in [3.8, 4) is 0 Å². The molecule has 1 aliphatic rings. The summed E-state index contributed by atoms with van der Waals surface area (Å²) >= 11 is 0. The molecule has 0 spiro atoms. The first-order valence-electron chi connectivity index (χ1n) is 10.0. The fourth-order valence-electron chi connectivity index (χ4n) is 3.57. The molecule has 0 aromatic heterocycles. The number of carbonyl (C=O) groups excluding carboxylic acids is 2. The molecule has 1 aliphatic heterocycles. The fraction of sp³-hybridized carbons (Fsp3) is 0.545. The maximum atomic E-state index is 14.0. The van der Waals surface area contributed by atoms with Crippen LogP contribution < -0.4 is 5.32 Å². The topological polar surface area (TPSA) is 49.4 Å². The number of nitrogens with one attached hydrogen (secondary N) is 1. The van der Waals surface area contributed by atoms with Crippen LogP contribution in [0.3, 0.4) is 0 Å². The SMILES string of the molecule is CC(C)CC1CN(C(=O)C=Cc2ccc(C(F)(F)F)cc2F)C(CC(C)C)C(=O)N1. The van der Waals surface area contributed by atoms with E-state index >= 15 is 0 Å². The summed E-state index contributed by atoms with van der Waals surface area (Å²) in [5.41, 5.74) is -1.22. The number of benzene rings is 1. The van der Waals surface area contributed by atoms with Gasteiger partial charge in [0.1, 0.15) is 11.9 Å². The van der Waals surface area contributed by atoms with Crippen LogP contribution in [-0.4, -0.2) is 35.3 Å². The second-order valence-corrected chi connectivity index (χ2v) is 8.54. The highest BCUT2D eigenvalue weighted by molar-refractivity contribution is 5.96. The second kappa shape index (κ2) is 9.62. The molecule has 1 fully saturated rings. The molecule has 1 aromatic rings. The first-order valence-corrected chi connectivity index (χ1v) is 10.0. The number of hydrogen-bond acceptors (Lipinski definition) is 2. The standard InChI is InChI=1S/C22H28F4N2O2/c1-13(2)9-17-12-28(19(10-14(3)4)21(30)27-17)20(29)8-6-15-5-7-16(11-18(15)23)22(24,25)26/h5-8,11,13-14,17,19H,9-10,12H2,1-4H3,(H,27,30). The van der Waals surface area contributed by atoms with E-state index in [1.807, 2.05) is 27.7 Å². The minimum absolute atomic E-state index is 0.128. The van der Waals surface area contributed by atoms with E-state index in [1.54, 1.807) is 0 Å². The number of carbonyl (C=O) groups is 2. The van der Waals surface area contributed by atoms with Gasteiger partial charge in [-0.2, -0.15) is 13.2 Å². The number of rotatable bonds is 6. The first kappa shape index (κ1) is 23.9. The molecule has 2 unspecified atom stereocenters. The molecule has 8 heteroatoms. The lowest BCUT2D eigenvalue weighted by atomic mass is 9.95. The summed E-state index contributed by atoms with van der Waals surface area (Å²) in [4.78, 5) is 26.9. The Morgan fingerprint density at radius 1 is 1.20 bits per heavy atom. The van der Waals surface area contributed by atoms with Crippen LogP contribution in [0.15, 0.2) is 24.3 Å². The Bertz CT molecular complexity index is 803. The van der Waals surface area contributed by atoms with Gasteiger partial charge in [-0.3, -0.25) is 9.59 Å². The van der Waals surface area contributed by atoms with Gasteiger partial charge < -0.3 is 10.2 Å². The van der Waals surface area contributed by atoms with Gasteiger partial charge in [0.2, 0.25) is 11.8 Å². The van der Waals surface area contributed by atoms with E-state index in [0.717, 1.165) is 24.3 Å². The summed E-state index contributed by atoms with van der Waals surface area (Å²) in [6.45, 7) is 8.27. The molecule has 1 saturated heterocycles. The predicted octanol–water partition coefficient (Wildman–Crippen LogP) is 4.65. The highest BCUT2D eigenvalue weighted by Gasteiger charge is 2.37. The third-order valence-electron chi connectivity index (χ3n) is 4.91. The molecule has 2 amide bonds. The van der Waals surface area contributed by atoms with Gasteiger partial charge in [-0.1, -0.05) is 33.8 Å². The van der Waals surface area contributed by atoms with Crippen LogP contribution in [0, 0.1) is 17.7 Å². The summed E-state index contributed by atoms with van der Waals surface area (Å²) in [5.74, 6) is -1.26. The molecule has 1 N–H and O–H groups in total. The van der Waals surface area contributed by atoms with Gasteiger partial charge in [0.05, 0.1) is 5.56 Å². The van der Waals surface area contributed by atoms with Crippen molar-refractivity contribution in [1.29, 1.82) is 0 Å². The summed E-state index contributed by atoms with van der Waals surface area (Å²) in [6, 6.07) is 1.34. The molecule has 0 saturated carbocycles. The fourth-order valence-corrected chi connectivity index (χ4v) is 3.57.